The van der Waals surface area contributed by atoms with E-state index in [-0.39, 0.29) is 24.2 Å². The first kappa shape index (κ1) is 14.0. The first-order chi connectivity index (χ1) is 7.75. The molecular formula is C13H19ClN2O. The molecule has 1 aromatic rings. The normalized spacial score (nSPS) is 19.2. The highest BCUT2D eigenvalue weighted by Gasteiger charge is 2.20. The molecule has 1 fully saturated rings. The highest BCUT2D eigenvalue weighted by Crippen LogP contribution is 2.14. The molecule has 3 nitrogen and oxygen atoms in total. The van der Waals surface area contributed by atoms with E-state index < -0.39 is 0 Å². The predicted octanol–water partition coefficient (Wildman–Crippen LogP) is 2.35. The number of hydrogen-bond acceptors (Lipinski definition) is 2. The fourth-order valence-corrected chi connectivity index (χ4v) is 1.96. The molecule has 0 bridgehead atoms. The lowest BCUT2D eigenvalue weighted by Gasteiger charge is -2.21. The van der Waals surface area contributed by atoms with Gasteiger partial charge in [0.2, 0.25) is 5.91 Å². The number of piperidine rings is 1. The molecule has 94 valence electrons. The van der Waals surface area contributed by atoms with Crippen LogP contribution in [0.5, 0.6) is 0 Å². The van der Waals surface area contributed by atoms with Crippen LogP contribution in [0.25, 0.3) is 0 Å². The van der Waals surface area contributed by atoms with Crippen LogP contribution in [0.1, 0.15) is 18.4 Å². The van der Waals surface area contributed by atoms with Gasteiger partial charge in [-0.2, -0.15) is 0 Å². The summed E-state index contributed by atoms with van der Waals surface area (Å²) in [4.78, 5) is 11.9. The van der Waals surface area contributed by atoms with Crippen molar-refractivity contribution in [1.29, 1.82) is 0 Å². The lowest BCUT2D eigenvalue weighted by molar-refractivity contribution is -0.120. The summed E-state index contributed by atoms with van der Waals surface area (Å²) in [6.45, 7) is 3.88. The average molecular weight is 255 g/mol. The lowest BCUT2D eigenvalue weighted by Crippen LogP contribution is -2.37. The van der Waals surface area contributed by atoms with Crippen molar-refractivity contribution in [3.63, 3.8) is 0 Å². The van der Waals surface area contributed by atoms with Gasteiger partial charge >= 0.3 is 0 Å². The Balaban J connectivity index is 0.00000144. The van der Waals surface area contributed by atoms with Crippen molar-refractivity contribution in [3.8, 4) is 0 Å². The SMILES string of the molecule is Cc1ccc(NC(=O)[C@@H]2CCCNC2)cc1.Cl. The summed E-state index contributed by atoms with van der Waals surface area (Å²) in [5.74, 6) is 0.256. The second-order valence-electron chi connectivity index (χ2n) is 4.40. The Kier molecular flexibility index (Phi) is 5.45. The van der Waals surface area contributed by atoms with Gasteiger partial charge in [-0.3, -0.25) is 4.79 Å². The van der Waals surface area contributed by atoms with Crippen LogP contribution in [0.15, 0.2) is 24.3 Å². The van der Waals surface area contributed by atoms with Crippen LogP contribution < -0.4 is 10.6 Å². The Morgan fingerprint density at radius 2 is 2.06 bits per heavy atom. The molecule has 0 saturated carbocycles. The number of rotatable bonds is 2. The molecule has 2 rings (SSSR count). The van der Waals surface area contributed by atoms with Gasteiger partial charge in [-0.1, -0.05) is 17.7 Å². The molecule has 2 N–H and O–H groups in total. The zero-order chi connectivity index (χ0) is 11.4. The van der Waals surface area contributed by atoms with Crippen molar-refractivity contribution in [2.75, 3.05) is 18.4 Å². The van der Waals surface area contributed by atoms with Gasteiger partial charge < -0.3 is 10.6 Å². The first-order valence-electron chi connectivity index (χ1n) is 5.84. The summed E-state index contributed by atoms with van der Waals surface area (Å²) in [7, 11) is 0. The molecule has 1 heterocycles. The minimum absolute atomic E-state index is 0. The molecule has 17 heavy (non-hydrogen) atoms. The maximum atomic E-state index is 11.9. The zero-order valence-electron chi connectivity index (χ0n) is 10.0. The topological polar surface area (TPSA) is 41.1 Å². The molecular weight excluding hydrogens is 236 g/mol. The number of carbonyl (C=O) groups excluding carboxylic acids is 1. The molecule has 1 aliphatic rings. The van der Waals surface area contributed by atoms with E-state index in [2.05, 4.69) is 10.6 Å². The summed E-state index contributed by atoms with van der Waals surface area (Å²) in [5.41, 5.74) is 2.10. The smallest absolute Gasteiger partial charge is 0.228 e. The number of carbonyl (C=O) groups is 1. The maximum absolute atomic E-state index is 11.9. The third-order valence-electron chi connectivity index (χ3n) is 2.99. The number of aryl methyl sites for hydroxylation is 1. The quantitative estimate of drug-likeness (QED) is 0.851. The van der Waals surface area contributed by atoms with Crippen LogP contribution in [-0.4, -0.2) is 19.0 Å². The summed E-state index contributed by atoms with van der Waals surface area (Å²) in [5, 5.41) is 6.21. The van der Waals surface area contributed by atoms with Gasteiger partial charge in [0.15, 0.2) is 0 Å². The number of nitrogens with one attached hydrogen (secondary N) is 2. The van der Waals surface area contributed by atoms with Crippen molar-refractivity contribution in [2.24, 2.45) is 5.92 Å². The van der Waals surface area contributed by atoms with Crippen LogP contribution in [0.2, 0.25) is 0 Å². The molecule has 1 amide bonds. The third kappa shape index (κ3) is 4.02. The van der Waals surface area contributed by atoms with Crippen LogP contribution >= 0.6 is 12.4 Å². The van der Waals surface area contributed by atoms with Crippen molar-refractivity contribution in [2.45, 2.75) is 19.8 Å². The Bertz CT molecular complexity index is 358. The Labute approximate surface area is 108 Å². The number of hydrogen-bond donors (Lipinski definition) is 2. The van der Waals surface area contributed by atoms with Crippen molar-refractivity contribution < 1.29 is 4.79 Å². The van der Waals surface area contributed by atoms with Crippen LogP contribution in [0, 0.1) is 12.8 Å². The second-order valence-corrected chi connectivity index (χ2v) is 4.40. The molecule has 1 atom stereocenters. The second kappa shape index (κ2) is 6.62. The number of benzene rings is 1. The van der Waals surface area contributed by atoms with Gasteiger partial charge in [0.05, 0.1) is 5.92 Å². The van der Waals surface area contributed by atoms with Crippen molar-refractivity contribution in [1.82, 2.24) is 5.32 Å². The highest BCUT2D eigenvalue weighted by atomic mass is 35.5. The minimum Gasteiger partial charge on any atom is -0.326 e. The van der Waals surface area contributed by atoms with E-state index in [9.17, 15) is 4.79 Å². The highest BCUT2D eigenvalue weighted by molar-refractivity contribution is 5.92. The predicted molar refractivity (Wildman–Crippen MR) is 72.7 cm³/mol. The fraction of sp³-hybridized carbons (Fsp3) is 0.462. The van der Waals surface area contributed by atoms with E-state index in [1.807, 2.05) is 31.2 Å². The molecule has 0 aromatic heterocycles. The standard InChI is InChI=1S/C13H18N2O.ClH/c1-10-4-6-12(7-5-10)15-13(16)11-3-2-8-14-9-11;/h4-7,11,14H,2-3,8-9H2,1H3,(H,15,16);1H/t11-;/m1./s1. The average Bonchev–Trinajstić information content (AvgIpc) is 2.33. The molecule has 0 radical (unpaired) electrons. The molecule has 0 unspecified atom stereocenters. The molecule has 1 aromatic carbocycles. The summed E-state index contributed by atoms with van der Waals surface area (Å²) in [6.07, 6.45) is 2.08. The van der Waals surface area contributed by atoms with E-state index in [1.165, 1.54) is 5.56 Å². The fourth-order valence-electron chi connectivity index (χ4n) is 1.96. The van der Waals surface area contributed by atoms with Crippen molar-refractivity contribution in [3.05, 3.63) is 29.8 Å². The third-order valence-corrected chi connectivity index (χ3v) is 2.99. The number of halogens is 1. The summed E-state index contributed by atoms with van der Waals surface area (Å²) >= 11 is 0. The Morgan fingerprint density at radius 1 is 1.35 bits per heavy atom. The zero-order valence-corrected chi connectivity index (χ0v) is 10.8. The lowest BCUT2D eigenvalue weighted by atomic mass is 9.99. The van der Waals surface area contributed by atoms with E-state index in [0.717, 1.165) is 31.6 Å². The monoisotopic (exact) mass is 254 g/mol. The molecule has 4 heteroatoms. The van der Waals surface area contributed by atoms with E-state index in [0.29, 0.717) is 0 Å². The molecule has 1 saturated heterocycles. The minimum atomic E-state index is 0. The van der Waals surface area contributed by atoms with Gasteiger partial charge in [-0.15, -0.1) is 12.4 Å². The van der Waals surface area contributed by atoms with Crippen LogP contribution in [0.4, 0.5) is 5.69 Å². The number of amides is 1. The van der Waals surface area contributed by atoms with E-state index in [1.54, 1.807) is 0 Å². The summed E-state index contributed by atoms with van der Waals surface area (Å²) in [6, 6.07) is 7.91. The Morgan fingerprint density at radius 3 is 2.65 bits per heavy atom. The van der Waals surface area contributed by atoms with Crippen LogP contribution in [0.3, 0.4) is 0 Å². The summed E-state index contributed by atoms with van der Waals surface area (Å²) < 4.78 is 0. The molecule has 0 aliphatic carbocycles. The Hall–Kier alpha value is -1.06. The molecule has 0 spiro atoms. The van der Waals surface area contributed by atoms with Crippen molar-refractivity contribution >= 4 is 24.0 Å². The number of anilines is 1. The van der Waals surface area contributed by atoms with Gasteiger partial charge in [0.1, 0.15) is 0 Å². The largest absolute Gasteiger partial charge is 0.326 e. The van der Waals surface area contributed by atoms with Crippen LogP contribution in [-0.2, 0) is 4.79 Å². The maximum Gasteiger partial charge on any atom is 0.228 e. The van der Waals surface area contributed by atoms with Gasteiger partial charge in [-0.05, 0) is 38.4 Å². The van der Waals surface area contributed by atoms with Gasteiger partial charge in [0, 0.05) is 12.2 Å². The molecule has 1 aliphatic heterocycles. The van der Waals surface area contributed by atoms with E-state index in [4.69, 9.17) is 0 Å². The van der Waals surface area contributed by atoms with Gasteiger partial charge in [-0.25, -0.2) is 0 Å². The van der Waals surface area contributed by atoms with Gasteiger partial charge in [0.25, 0.3) is 0 Å². The first-order valence-corrected chi connectivity index (χ1v) is 5.84. The van der Waals surface area contributed by atoms with E-state index >= 15 is 0 Å².